The molecule has 1 heterocycles. The first-order chi connectivity index (χ1) is 10.5. The summed E-state index contributed by atoms with van der Waals surface area (Å²) in [5.74, 6) is -0.655. The molecule has 1 aromatic rings. The Morgan fingerprint density at radius 3 is 2.86 bits per heavy atom. The minimum Gasteiger partial charge on any atom is -0.465 e. The van der Waals surface area contributed by atoms with Crippen LogP contribution in [0.1, 0.15) is 13.8 Å². The van der Waals surface area contributed by atoms with Gasteiger partial charge in [-0.25, -0.2) is 0 Å². The topological polar surface area (TPSA) is 75.7 Å². The molecule has 1 aliphatic rings. The zero-order valence-electron chi connectivity index (χ0n) is 12.5. The van der Waals surface area contributed by atoms with Crippen LogP contribution >= 0.6 is 11.8 Å². The van der Waals surface area contributed by atoms with E-state index in [1.54, 1.807) is 32.0 Å². The smallest absolute Gasteiger partial charge is 0.315 e. The lowest BCUT2D eigenvalue weighted by Crippen LogP contribution is -2.45. The second-order valence-corrected chi connectivity index (χ2v) is 6.08. The van der Waals surface area contributed by atoms with Gasteiger partial charge in [0.05, 0.1) is 29.0 Å². The Morgan fingerprint density at radius 1 is 1.41 bits per heavy atom. The molecule has 0 saturated heterocycles. The molecule has 0 aliphatic carbocycles. The number of nitrogens with one attached hydrogen (secondary N) is 1. The molecule has 7 heteroatoms. The molecule has 0 bridgehead atoms. The van der Waals surface area contributed by atoms with Crippen LogP contribution in [0.25, 0.3) is 0 Å². The highest BCUT2D eigenvalue weighted by atomic mass is 32.2. The molecule has 0 unspecified atom stereocenters. The van der Waals surface area contributed by atoms with Crippen molar-refractivity contribution in [2.45, 2.75) is 19.1 Å². The summed E-state index contributed by atoms with van der Waals surface area (Å²) in [6, 6.07) is 7.15. The zero-order chi connectivity index (χ0) is 16.1. The molecule has 22 heavy (non-hydrogen) atoms. The molecule has 0 aromatic heterocycles. The van der Waals surface area contributed by atoms with E-state index in [-0.39, 0.29) is 30.1 Å². The summed E-state index contributed by atoms with van der Waals surface area (Å²) in [7, 11) is 0. The number of hydrogen-bond acceptors (Lipinski definition) is 5. The third-order valence-electron chi connectivity index (χ3n) is 3.14. The quantitative estimate of drug-likeness (QED) is 0.834. The molecule has 0 spiro atoms. The summed E-state index contributed by atoms with van der Waals surface area (Å²) in [5, 5.41) is 2.30. The van der Waals surface area contributed by atoms with Crippen LogP contribution in [0.3, 0.4) is 0 Å². The molecule has 2 amide bonds. The largest absolute Gasteiger partial charge is 0.465 e. The van der Waals surface area contributed by atoms with Gasteiger partial charge in [-0.05, 0) is 26.0 Å². The van der Waals surface area contributed by atoms with Gasteiger partial charge in [-0.2, -0.15) is 0 Å². The van der Waals surface area contributed by atoms with Crippen LogP contribution in [-0.2, 0) is 19.1 Å². The fraction of sp³-hybridized carbons (Fsp3) is 0.400. The van der Waals surface area contributed by atoms with Crippen molar-refractivity contribution in [1.29, 1.82) is 0 Å². The van der Waals surface area contributed by atoms with Crippen molar-refractivity contribution in [2.75, 3.05) is 29.1 Å². The molecule has 0 radical (unpaired) electrons. The molecular formula is C15H18N2O4S. The van der Waals surface area contributed by atoms with Gasteiger partial charge in [-0.15, -0.1) is 11.8 Å². The summed E-state index contributed by atoms with van der Waals surface area (Å²) in [5.41, 5.74) is 1.30. The standard InChI is InChI=1S/C15H18N2O4S/c1-3-21-14(19)9-22-10(2)15(20)17-8-13(18)16-11-6-4-5-7-12(11)17/h4-7,10H,3,8-9H2,1-2H3,(H,16,18)/t10-/m0/s1. The van der Waals surface area contributed by atoms with Crippen LogP contribution in [0.4, 0.5) is 11.4 Å². The second kappa shape index (κ2) is 7.31. The summed E-state index contributed by atoms with van der Waals surface area (Å²) >= 11 is 1.20. The number of benzene rings is 1. The number of anilines is 2. The monoisotopic (exact) mass is 322 g/mol. The number of thioether (sulfide) groups is 1. The number of hydrogen-bond donors (Lipinski definition) is 1. The zero-order valence-corrected chi connectivity index (χ0v) is 13.3. The molecule has 1 aromatic carbocycles. The Balaban J connectivity index is 2.06. The highest BCUT2D eigenvalue weighted by Crippen LogP contribution is 2.30. The molecule has 0 fully saturated rings. The Hall–Kier alpha value is -2.02. The molecule has 1 N–H and O–H groups in total. The van der Waals surface area contributed by atoms with E-state index in [1.165, 1.54) is 16.7 Å². The van der Waals surface area contributed by atoms with E-state index in [4.69, 9.17) is 4.74 Å². The van der Waals surface area contributed by atoms with E-state index in [9.17, 15) is 14.4 Å². The number of amides is 2. The van der Waals surface area contributed by atoms with Crippen LogP contribution < -0.4 is 10.2 Å². The van der Waals surface area contributed by atoms with Gasteiger partial charge in [0.25, 0.3) is 0 Å². The average molecular weight is 322 g/mol. The first kappa shape index (κ1) is 16.4. The molecule has 118 valence electrons. The fourth-order valence-corrected chi connectivity index (χ4v) is 2.86. The molecule has 0 saturated carbocycles. The Morgan fingerprint density at radius 2 is 2.14 bits per heavy atom. The number of rotatable bonds is 5. The number of carbonyl (C=O) groups is 3. The third kappa shape index (κ3) is 3.79. The van der Waals surface area contributed by atoms with Gasteiger partial charge in [-0.1, -0.05) is 12.1 Å². The Bertz CT molecular complexity index is 591. The van der Waals surface area contributed by atoms with E-state index in [0.29, 0.717) is 18.0 Å². The predicted molar refractivity (Wildman–Crippen MR) is 86.0 cm³/mol. The molecular weight excluding hydrogens is 304 g/mol. The van der Waals surface area contributed by atoms with E-state index in [0.717, 1.165) is 0 Å². The van der Waals surface area contributed by atoms with Crippen LogP contribution in [0.15, 0.2) is 24.3 Å². The number of nitrogens with zero attached hydrogens (tertiary/aromatic N) is 1. The summed E-state index contributed by atoms with van der Waals surface area (Å²) < 4.78 is 4.84. The highest BCUT2D eigenvalue weighted by molar-refractivity contribution is 8.01. The van der Waals surface area contributed by atoms with Crippen LogP contribution in [-0.4, -0.2) is 41.9 Å². The molecule has 1 aliphatic heterocycles. The maximum Gasteiger partial charge on any atom is 0.315 e. The number of ether oxygens (including phenoxy) is 1. The number of esters is 1. The third-order valence-corrected chi connectivity index (χ3v) is 4.24. The van der Waals surface area contributed by atoms with Crippen molar-refractivity contribution in [3.63, 3.8) is 0 Å². The lowest BCUT2D eigenvalue weighted by molar-refractivity contribution is -0.139. The number of fused-ring (bicyclic) bond motifs is 1. The van der Waals surface area contributed by atoms with Crippen LogP contribution in [0.5, 0.6) is 0 Å². The van der Waals surface area contributed by atoms with Crippen LogP contribution in [0.2, 0.25) is 0 Å². The molecule has 1 atom stereocenters. The van der Waals surface area contributed by atoms with E-state index in [1.807, 2.05) is 6.07 Å². The summed E-state index contributed by atoms with van der Waals surface area (Å²) in [4.78, 5) is 37.1. The van der Waals surface area contributed by atoms with Gasteiger partial charge in [0.2, 0.25) is 11.8 Å². The Labute approximate surface area is 133 Å². The summed E-state index contributed by atoms with van der Waals surface area (Å²) in [6.07, 6.45) is 0. The summed E-state index contributed by atoms with van der Waals surface area (Å²) in [6.45, 7) is 3.77. The highest BCUT2D eigenvalue weighted by Gasteiger charge is 2.30. The molecule has 6 nitrogen and oxygen atoms in total. The molecule has 2 rings (SSSR count). The van der Waals surface area contributed by atoms with Gasteiger partial charge in [-0.3, -0.25) is 19.3 Å². The first-order valence-corrected chi connectivity index (χ1v) is 8.05. The van der Waals surface area contributed by atoms with E-state index < -0.39 is 5.25 Å². The van der Waals surface area contributed by atoms with Crippen molar-refractivity contribution < 1.29 is 19.1 Å². The van der Waals surface area contributed by atoms with Crippen molar-refractivity contribution in [3.05, 3.63) is 24.3 Å². The van der Waals surface area contributed by atoms with E-state index in [2.05, 4.69) is 5.32 Å². The number of para-hydroxylation sites is 2. The normalized spacial score (nSPS) is 14.8. The predicted octanol–water partition coefficient (Wildman–Crippen LogP) is 1.66. The number of carbonyl (C=O) groups excluding carboxylic acids is 3. The fourth-order valence-electron chi connectivity index (χ4n) is 2.12. The van der Waals surface area contributed by atoms with Gasteiger partial charge < -0.3 is 10.1 Å². The lowest BCUT2D eigenvalue weighted by atomic mass is 10.2. The second-order valence-electron chi connectivity index (χ2n) is 4.75. The van der Waals surface area contributed by atoms with Gasteiger partial charge in [0.1, 0.15) is 6.54 Å². The maximum absolute atomic E-state index is 12.5. The van der Waals surface area contributed by atoms with Gasteiger partial charge in [0.15, 0.2) is 0 Å². The van der Waals surface area contributed by atoms with Crippen molar-refractivity contribution in [1.82, 2.24) is 0 Å². The first-order valence-electron chi connectivity index (χ1n) is 7.00. The van der Waals surface area contributed by atoms with Crippen molar-refractivity contribution in [2.24, 2.45) is 0 Å². The van der Waals surface area contributed by atoms with Gasteiger partial charge in [0, 0.05) is 0 Å². The average Bonchev–Trinajstić information content (AvgIpc) is 2.51. The minimum atomic E-state index is -0.441. The minimum absolute atomic E-state index is 0.0137. The lowest BCUT2D eigenvalue weighted by Gasteiger charge is -2.30. The van der Waals surface area contributed by atoms with Gasteiger partial charge >= 0.3 is 5.97 Å². The van der Waals surface area contributed by atoms with Crippen molar-refractivity contribution in [3.8, 4) is 0 Å². The SMILES string of the molecule is CCOC(=O)CS[C@@H](C)C(=O)N1CC(=O)Nc2ccccc21. The van der Waals surface area contributed by atoms with E-state index >= 15 is 0 Å². The van der Waals surface area contributed by atoms with Crippen molar-refractivity contribution >= 4 is 40.9 Å². The maximum atomic E-state index is 12.5. The van der Waals surface area contributed by atoms with Crippen LogP contribution in [0, 0.1) is 0 Å². The Kier molecular flexibility index (Phi) is 5.43.